The Hall–Kier alpha value is -2.11. The van der Waals surface area contributed by atoms with E-state index < -0.39 is 29.5 Å². The van der Waals surface area contributed by atoms with Crippen LogP contribution >= 0.6 is 0 Å². The number of carbonyl (C=O) groups is 2. The number of carboxylic acids is 1. The van der Waals surface area contributed by atoms with Gasteiger partial charge in [0.25, 0.3) is 0 Å². The molecule has 1 aromatic carbocycles. The van der Waals surface area contributed by atoms with E-state index in [1.807, 2.05) is 0 Å². The third kappa shape index (κ3) is 4.95. The first-order valence-corrected chi connectivity index (χ1v) is 5.67. The Morgan fingerprint density at radius 2 is 1.79 bits per heavy atom. The van der Waals surface area contributed by atoms with Crippen molar-refractivity contribution in [2.75, 3.05) is 0 Å². The summed E-state index contributed by atoms with van der Waals surface area (Å²) >= 11 is 0. The minimum Gasteiger partial charge on any atom is -0.479 e. The van der Waals surface area contributed by atoms with E-state index in [4.69, 9.17) is 9.84 Å². The number of halogens is 1. The molecule has 1 amide bonds. The zero-order valence-electron chi connectivity index (χ0n) is 10.9. The van der Waals surface area contributed by atoms with Gasteiger partial charge >= 0.3 is 12.1 Å². The lowest BCUT2D eigenvalue weighted by Crippen LogP contribution is -2.38. The Morgan fingerprint density at radius 1 is 1.26 bits per heavy atom. The lowest BCUT2D eigenvalue weighted by atomic mass is 10.1. The van der Waals surface area contributed by atoms with Gasteiger partial charge in [0.05, 0.1) is 0 Å². The Bertz CT molecular complexity index is 465. The summed E-state index contributed by atoms with van der Waals surface area (Å²) in [6, 6.07) is 3.57. The van der Waals surface area contributed by atoms with E-state index in [9.17, 15) is 14.0 Å². The Balaban J connectivity index is 2.82. The molecule has 0 radical (unpaired) electrons. The van der Waals surface area contributed by atoms with Crippen LogP contribution in [0.4, 0.5) is 9.18 Å². The first-order chi connectivity index (χ1) is 8.69. The van der Waals surface area contributed by atoms with E-state index in [-0.39, 0.29) is 5.56 Å². The molecule has 0 aliphatic carbocycles. The van der Waals surface area contributed by atoms with E-state index in [0.717, 1.165) is 12.1 Å². The van der Waals surface area contributed by atoms with Crippen LogP contribution in [0, 0.1) is 5.82 Å². The number of benzene rings is 1. The third-order valence-electron chi connectivity index (χ3n) is 2.11. The maximum Gasteiger partial charge on any atom is 0.408 e. The molecule has 0 unspecified atom stereocenters. The fraction of sp³-hybridized carbons (Fsp3) is 0.385. The zero-order chi connectivity index (χ0) is 14.6. The number of carboxylic acid groups (broad SMARTS) is 1. The van der Waals surface area contributed by atoms with Crippen LogP contribution < -0.4 is 5.32 Å². The van der Waals surface area contributed by atoms with Crippen molar-refractivity contribution in [3.63, 3.8) is 0 Å². The number of ether oxygens (including phenoxy) is 1. The molecule has 1 rings (SSSR count). The highest BCUT2D eigenvalue weighted by molar-refractivity contribution is 5.81. The molecule has 19 heavy (non-hydrogen) atoms. The summed E-state index contributed by atoms with van der Waals surface area (Å²) in [5.41, 5.74) is -0.463. The van der Waals surface area contributed by atoms with Crippen molar-refractivity contribution in [1.82, 2.24) is 5.32 Å². The molecule has 0 aliphatic rings. The normalized spacial score (nSPS) is 12.6. The number of carbonyl (C=O) groups excluding carboxylic acids is 1. The van der Waals surface area contributed by atoms with Gasteiger partial charge in [-0.1, -0.05) is 12.1 Å². The molecule has 1 aromatic rings. The van der Waals surface area contributed by atoms with Gasteiger partial charge in [0.15, 0.2) is 6.04 Å². The van der Waals surface area contributed by atoms with Gasteiger partial charge in [0.2, 0.25) is 0 Å². The van der Waals surface area contributed by atoms with Gasteiger partial charge in [0, 0.05) is 0 Å². The van der Waals surface area contributed by atoms with Gasteiger partial charge in [0.1, 0.15) is 11.4 Å². The fourth-order valence-corrected chi connectivity index (χ4v) is 1.37. The summed E-state index contributed by atoms with van der Waals surface area (Å²) in [4.78, 5) is 22.7. The van der Waals surface area contributed by atoms with Gasteiger partial charge in [-0.2, -0.15) is 0 Å². The van der Waals surface area contributed by atoms with E-state index in [1.165, 1.54) is 12.1 Å². The topological polar surface area (TPSA) is 75.6 Å². The van der Waals surface area contributed by atoms with Crippen LogP contribution in [-0.4, -0.2) is 22.8 Å². The maximum atomic E-state index is 12.8. The average molecular weight is 269 g/mol. The van der Waals surface area contributed by atoms with Crippen molar-refractivity contribution in [2.45, 2.75) is 32.4 Å². The van der Waals surface area contributed by atoms with Gasteiger partial charge in [-0.15, -0.1) is 0 Å². The molecule has 5 nitrogen and oxygen atoms in total. The first kappa shape index (κ1) is 14.9. The second-order valence-corrected chi connectivity index (χ2v) is 4.97. The summed E-state index contributed by atoms with van der Waals surface area (Å²) < 4.78 is 17.8. The Morgan fingerprint density at radius 3 is 2.21 bits per heavy atom. The minimum atomic E-state index is -1.28. The van der Waals surface area contributed by atoms with Gasteiger partial charge < -0.3 is 15.2 Å². The van der Waals surface area contributed by atoms with Gasteiger partial charge in [-0.3, -0.25) is 0 Å². The quantitative estimate of drug-likeness (QED) is 0.883. The lowest BCUT2D eigenvalue weighted by molar-refractivity contribution is -0.139. The highest BCUT2D eigenvalue weighted by Crippen LogP contribution is 2.15. The summed E-state index contributed by atoms with van der Waals surface area (Å²) in [6.07, 6.45) is -0.843. The number of nitrogens with one attached hydrogen (secondary N) is 1. The summed E-state index contributed by atoms with van der Waals surface area (Å²) in [7, 11) is 0. The fourth-order valence-electron chi connectivity index (χ4n) is 1.37. The number of rotatable bonds is 3. The SMILES string of the molecule is CC(C)(C)OC(=O)N[C@@H](C(=O)O)c1ccc(F)cc1. The number of alkyl carbamates (subject to hydrolysis) is 1. The second kappa shape index (κ2) is 5.69. The maximum absolute atomic E-state index is 12.8. The molecule has 0 bridgehead atoms. The standard InChI is InChI=1S/C13H16FNO4/c1-13(2,3)19-12(18)15-10(11(16)17)8-4-6-9(14)7-5-8/h4-7,10H,1-3H3,(H,15,18)(H,16,17)/t10-/m1/s1. The van der Waals surface area contributed by atoms with E-state index >= 15 is 0 Å². The Labute approximate surface area is 110 Å². The second-order valence-electron chi connectivity index (χ2n) is 4.97. The monoisotopic (exact) mass is 269 g/mol. The van der Waals surface area contributed by atoms with Crippen LogP contribution in [0.3, 0.4) is 0 Å². The molecule has 0 aromatic heterocycles. The van der Waals surface area contributed by atoms with Crippen molar-refractivity contribution in [2.24, 2.45) is 0 Å². The van der Waals surface area contributed by atoms with E-state index in [0.29, 0.717) is 0 Å². The molecule has 0 saturated carbocycles. The number of aliphatic carboxylic acids is 1. The van der Waals surface area contributed by atoms with Crippen LogP contribution in [0.15, 0.2) is 24.3 Å². The van der Waals surface area contributed by atoms with E-state index in [2.05, 4.69) is 5.32 Å². The molecule has 6 heteroatoms. The van der Waals surface area contributed by atoms with Crippen LogP contribution in [0.5, 0.6) is 0 Å². The molecule has 0 spiro atoms. The molecule has 0 aliphatic heterocycles. The molecular formula is C13H16FNO4. The largest absolute Gasteiger partial charge is 0.479 e. The van der Waals surface area contributed by atoms with Crippen molar-refractivity contribution >= 4 is 12.1 Å². The van der Waals surface area contributed by atoms with Crippen LogP contribution in [-0.2, 0) is 9.53 Å². The average Bonchev–Trinajstić information content (AvgIpc) is 2.24. The molecule has 0 heterocycles. The molecule has 2 N–H and O–H groups in total. The Kier molecular flexibility index (Phi) is 4.47. The van der Waals surface area contributed by atoms with Crippen molar-refractivity contribution in [3.8, 4) is 0 Å². The summed E-state index contributed by atoms with van der Waals surface area (Å²) in [5.74, 6) is -1.73. The molecule has 0 fully saturated rings. The molecule has 1 atom stereocenters. The van der Waals surface area contributed by atoms with Crippen molar-refractivity contribution < 1.29 is 23.8 Å². The van der Waals surface area contributed by atoms with Crippen molar-refractivity contribution in [1.29, 1.82) is 0 Å². The van der Waals surface area contributed by atoms with Crippen molar-refractivity contribution in [3.05, 3.63) is 35.6 Å². The van der Waals surface area contributed by atoms with Gasteiger partial charge in [-0.05, 0) is 38.5 Å². The first-order valence-electron chi connectivity index (χ1n) is 5.67. The summed E-state index contributed by atoms with van der Waals surface area (Å²) in [6.45, 7) is 5.00. The third-order valence-corrected chi connectivity index (χ3v) is 2.11. The minimum absolute atomic E-state index is 0.264. The van der Waals surface area contributed by atoms with Crippen LogP contribution in [0.1, 0.15) is 32.4 Å². The predicted molar refractivity (Wildman–Crippen MR) is 66.1 cm³/mol. The highest BCUT2D eigenvalue weighted by Gasteiger charge is 2.25. The number of hydrogen-bond donors (Lipinski definition) is 2. The smallest absolute Gasteiger partial charge is 0.408 e. The zero-order valence-corrected chi connectivity index (χ0v) is 10.9. The van der Waals surface area contributed by atoms with Gasteiger partial charge in [-0.25, -0.2) is 14.0 Å². The van der Waals surface area contributed by atoms with Crippen LogP contribution in [0.2, 0.25) is 0 Å². The lowest BCUT2D eigenvalue weighted by Gasteiger charge is -2.22. The molecular weight excluding hydrogens is 253 g/mol. The molecule has 0 saturated heterocycles. The van der Waals surface area contributed by atoms with E-state index in [1.54, 1.807) is 20.8 Å². The van der Waals surface area contributed by atoms with Crippen LogP contribution in [0.25, 0.3) is 0 Å². The predicted octanol–water partition coefficient (Wildman–Crippen LogP) is 2.48. The number of amides is 1. The number of hydrogen-bond acceptors (Lipinski definition) is 3. The molecule has 104 valence electrons. The summed E-state index contributed by atoms with van der Waals surface area (Å²) in [5, 5.41) is 11.3. The highest BCUT2D eigenvalue weighted by atomic mass is 19.1.